The van der Waals surface area contributed by atoms with E-state index in [0.717, 1.165) is 5.56 Å². The number of aromatic nitrogens is 2. The van der Waals surface area contributed by atoms with Crippen LogP contribution in [-0.2, 0) is 13.1 Å². The fraction of sp³-hybridized carbons (Fsp3) is 0.375. The summed E-state index contributed by atoms with van der Waals surface area (Å²) in [5, 5.41) is 10.4. The lowest BCUT2D eigenvalue weighted by Gasteiger charge is -2.14. The van der Waals surface area contributed by atoms with Gasteiger partial charge in [0.15, 0.2) is 5.96 Å². The molecule has 0 amide bonds. The predicted octanol–water partition coefficient (Wildman–Crippen LogP) is 2.16. The molecule has 1 heterocycles. The molecule has 0 unspecified atom stereocenters. The molecule has 0 atom stereocenters. The molecule has 0 radical (unpaired) electrons. The molecule has 0 saturated carbocycles. The summed E-state index contributed by atoms with van der Waals surface area (Å²) in [6.45, 7) is 0.788. The maximum Gasteiger partial charge on any atom is 0.387 e. The van der Waals surface area contributed by atoms with Crippen LogP contribution in [-0.4, -0.2) is 35.9 Å². The number of nitrogens with one attached hydrogen (secondary N) is 2. The quantitative estimate of drug-likeness (QED) is 0.600. The normalized spacial score (nSPS) is 11.6. The fourth-order valence-electron chi connectivity index (χ4n) is 2.14. The molecule has 0 bridgehead atoms. The second-order valence-electron chi connectivity index (χ2n) is 5.12. The van der Waals surface area contributed by atoms with Crippen molar-refractivity contribution in [3.8, 4) is 5.75 Å². The largest absolute Gasteiger partial charge is 0.434 e. The van der Waals surface area contributed by atoms with Crippen LogP contribution in [0.25, 0.3) is 0 Å². The molecule has 0 spiro atoms. The molecule has 0 aliphatic rings. The molecule has 6 nitrogen and oxygen atoms in total. The average Bonchev–Trinajstić information content (AvgIpc) is 2.97. The highest BCUT2D eigenvalue weighted by Gasteiger charge is 2.09. The first-order valence-electron chi connectivity index (χ1n) is 7.55. The Bertz CT molecular complexity index is 672. The van der Waals surface area contributed by atoms with Gasteiger partial charge in [0.05, 0.1) is 12.7 Å². The Labute approximate surface area is 139 Å². The van der Waals surface area contributed by atoms with Crippen LogP contribution in [0.1, 0.15) is 11.1 Å². The molecule has 0 fully saturated rings. The van der Waals surface area contributed by atoms with E-state index in [1.165, 1.54) is 6.07 Å². The van der Waals surface area contributed by atoms with Crippen molar-refractivity contribution in [2.45, 2.75) is 26.6 Å². The van der Waals surface area contributed by atoms with Gasteiger partial charge in [-0.05, 0) is 18.6 Å². The summed E-state index contributed by atoms with van der Waals surface area (Å²) in [7, 11) is 1.65. The van der Waals surface area contributed by atoms with Crippen LogP contribution < -0.4 is 15.4 Å². The molecular formula is C16H21F2N5O. The smallest absolute Gasteiger partial charge is 0.387 e. The van der Waals surface area contributed by atoms with Crippen molar-refractivity contribution in [2.75, 3.05) is 13.6 Å². The highest BCUT2D eigenvalue weighted by Crippen LogP contribution is 2.19. The van der Waals surface area contributed by atoms with Gasteiger partial charge in [0, 0.05) is 31.9 Å². The lowest BCUT2D eigenvalue weighted by Crippen LogP contribution is -2.38. The predicted molar refractivity (Wildman–Crippen MR) is 88.2 cm³/mol. The van der Waals surface area contributed by atoms with Gasteiger partial charge in [0.25, 0.3) is 0 Å². The van der Waals surface area contributed by atoms with E-state index >= 15 is 0 Å². The van der Waals surface area contributed by atoms with Crippen molar-refractivity contribution in [3.63, 3.8) is 0 Å². The number of nitrogens with zero attached hydrogens (tertiary/aromatic N) is 3. The van der Waals surface area contributed by atoms with Gasteiger partial charge in [0.1, 0.15) is 5.75 Å². The van der Waals surface area contributed by atoms with E-state index in [0.29, 0.717) is 31.2 Å². The van der Waals surface area contributed by atoms with Crippen molar-refractivity contribution in [1.82, 2.24) is 20.4 Å². The van der Waals surface area contributed by atoms with E-state index in [4.69, 9.17) is 0 Å². The van der Waals surface area contributed by atoms with Crippen LogP contribution in [0.3, 0.4) is 0 Å². The summed E-state index contributed by atoms with van der Waals surface area (Å²) in [5.41, 5.74) is 1.73. The lowest BCUT2D eigenvalue weighted by atomic mass is 10.2. The molecule has 24 heavy (non-hydrogen) atoms. The van der Waals surface area contributed by atoms with Gasteiger partial charge in [-0.25, -0.2) is 0 Å². The van der Waals surface area contributed by atoms with Crippen molar-refractivity contribution >= 4 is 5.96 Å². The van der Waals surface area contributed by atoms with Crippen LogP contribution in [0.4, 0.5) is 8.78 Å². The van der Waals surface area contributed by atoms with Gasteiger partial charge in [0.2, 0.25) is 0 Å². The molecule has 8 heteroatoms. The summed E-state index contributed by atoms with van der Waals surface area (Å²) in [4.78, 5) is 4.11. The fourth-order valence-corrected chi connectivity index (χ4v) is 2.14. The van der Waals surface area contributed by atoms with E-state index in [1.807, 2.05) is 17.8 Å². The maximum absolute atomic E-state index is 12.4. The number of aliphatic imine (C=N–C) groups is 1. The number of alkyl halides is 2. The lowest BCUT2D eigenvalue weighted by molar-refractivity contribution is -0.0504. The molecule has 2 rings (SSSR count). The number of benzene rings is 1. The van der Waals surface area contributed by atoms with Crippen molar-refractivity contribution in [2.24, 2.45) is 4.99 Å². The first-order chi connectivity index (χ1) is 11.6. The summed E-state index contributed by atoms with van der Waals surface area (Å²) in [5.74, 6) is 0.730. The number of hydrogen-bond donors (Lipinski definition) is 2. The summed E-state index contributed by atoms with van der Waals surface area (Å²) in [6.07, 6.45) is 3.75. The highest BCUT2D eigenvalue weighted by molar-refractivity contribution is 5.79. The van der Waals surface area contributed by atoms with Crippen LogP contribution in [0.15, 0.2) is 41.7 Å². The molecule has 0 aliphatic heterocycles. The topological polar surface area (TPSA) is 63.5 Å². The highest BCUT2D eigenvalue weighted by atomic mass is 19.3. The Morgan fingerprint density at radius 1 is 1.33 bits per heavy atom. The van der Waals surface area contributed by atoms with Crippen LogP contribution in [0.2, 0.25) is 0 Å². The number of halogens is 2. The summed E-state index contributed by atoms with van der Waals surface area (Å²) in [6, 6.07) is 6.66. The number of hydrogen-bond acceptors (Lipinski definition) is 3. The minimum Gasteiger partial charge on any atom is -0.434 e. The Balaban J connectivity index is 1.83. The van der Waals surface area contributed by atoms with E-state index in [1.54, 1.807) is 31.4 Å². The minimum absolute atomic E-state index is 0.155. The van der Waals surface area contributed by atoms with E-state index in [2.05, 4.69) is 25.5 Å². The third-order valence-corrected chi connectivity index (χ3v) is 3.25. The number of guanidine groups is 1. The van der Waals surface area contributed by atoms with Gasteiger partial charge in [-0.1, -0.05) is 18.2 Å². The average molecular weight is 337 g/mol. The molecule has 1 aromatic carbocycles. The molecule has 0 saturated heterocycles. The number of para-hydroxylation sites is 1. The number of rotatable bonds is 7. The van der Waals surface area contributed by atoms with Crippen molar-refractivity contribution in [1.29, 1.82) is 0 Å². The Morgan fingerprint density at radius 2 is 2.12 bits per heavy atom. The Morgan fingerprint density at radius 3 is 2.79 bits per heavy atom. The maximum atomic E-state index is 12.4. The van der Waals surface area contributed by atoms with Gasteiger partial charge in [-0.15, -0.1) is 0 Å². The van der Waals surface area contributed by atoms with Crippen LogP contribution in [0, 0.1) is 6.92 Å². The zero-order chi connectivity index (χ0) is 17.4. The molecular weight excluding hydrogens is 316 g/mol. The molecule has 0 aliphatic carbocycles. The summed E-state index contributed by atoms with van der Waals surface area (Å²) >= 11 is 0. The van der Waals surface area contributed by atoms with Gasteiger partial charge >= 0.3 is 6.61 Å². The second-order valence-corrected chi connectivity index (χ2v) is 5.12. The minimum atomic E-state index is -2.85. The van der Waals surface area contributed by atoms with E-state index in [9.17, 15) is 8.78 Å². The number of aryl methyl sites for hydroxylation is 1. The first-order valence-corrected chi connectivity index (χ1v) is 7.55. The Hall–Kier alpha value is -2.64. The van der Waals surface area contributed by atoms with Crippen LogP contribution >= 0.6 is 0 Å². The molecule has 2 aromatic rings. The monoisotopic (exact) mass is 337 g/mol. The molecule has 130 valence electrons. The standard InChI is InChI=1S/C16H21F2N5O/c1-12-9-22-23(11-12)8-7-20-16(19-2)21-10-13-5-3-4-6-14(13)24-15(17)18/h3-6,9,11,15H,7-8,10H2,1-2H3,(H2,19,20,21). The van der Waals surface area contributed by atoms with Crippen molar-refractivity contribution < 1.29 is 13.5 Å². The van der Waals surface area contributed by atoms with Crippen molar-refractivity contribution in [3.05, 3.63) is 47.8 Å². The zero-order valence-corrected chi connectivity index (χ0v) is 13.7. The van der Waals surface area contributed by atoms with E-state index < -0.39 is 6.61 Å². The Kier molecular flexibility index (Phi) is 6.53. The van der Waals surface area contributed by atoms with Crippen LogP contribution in [0.5, 0.6) is 5.75 Å². The zero-order valence-electron chi connectivity index (χ0n) is 13.7. The van der Waals surface area contributed by atoms with Gasteiger partial charge < -0.3 is 15.4 Å². The van der Waals surface area contributed by atoms with Gasteiger partial charge in [-0.2, -0.15) is 13.9 Å². The second kappa shape index (κ2) is 8.85. The van der Waals surface area contributed by atoms with Gasteiger partial charge in [-0.3, -0.25) is 9.67 Å². The third-order valence-electron chi connectivity index (χ3n) is 3.25. The molecule has 1 aromatic heterocycles. The SMILES string of the molecule is CN=C(NCCn1cc(C)cn1)NCc1ccccc1OC(F)F. The molecule has 2 N–H and O–H groups in total. The summed E-state index contributed by atoms with van der Waals surface area (Å²) < 4.78 is 31.2. The third kappa shape index (κ3) is 5.53. The first kappa shape index (κ1) is 17.7. The van der Waals surface area contributed by atoms with E-state index in [-0.39, 0.29) is 5.75 Å². The number of ether oxygens (including phenoxy) is 1.